The van der Waals surface area contributed by atoms with Gasteiger partial charge in [0.15, 0.2) is 10.7 Å². The molecule has 1 heterocycles. The number of hydrogen-bond donors (Lipinski definition) is 3. The predicted molar refractivity (Wildman–Crippen MR) is 110 cm³/mol. The lowest BCUT2D eigenvalue weighted by atomic mass is 10.1. The number of nitrogens with one attached hydrogen (secondary N) is 3. The van der Waals surface area contributed by atoms with Crippen molar-refractivity contribution in [1.82, 2.24) is 4.98 Å². The third-order valence-corrected chi connectivity index (χ3v) is 5.49. The fraction of sp³-hybridized carbons (Fsp3) is 0.0500. The van der Waals surface area contributed by atoms with Crippen LogP contribution in [0.1, 0.15) is 17.3 Å². The second kappa shape index (κ2) is 9.24. The molecular weight excluding hydrogens is 468 g/mol. The first kappa shape index (κ1) is 23.7. The van der Waals surface area contributed by atoms with E-state index in [1.807, 2.05) is 0 Å². The number of amides is 2. The Morgan fingerprint density at radius 3 is 2.12 bits per heavy atom. The number of sulfonamides is 1. The number of carbonyl (C=O) groups is 2. The summed E-state index contributed by atoms with van der Waals surface area (Å²) in [5.41, 5.74) is -2.06. The second-order valence-corrected chi connectivity index (χ2v) is 8.13. The maximum Gasteiger partial charge on any atom is 0.267 e. The number of aromatic nitrogens is 1. The Labute approximate surface area is 184 Å². The van der Waals surface area contributed by atoms with E-state index in [9.17, 15) is 35.6 Å². The van der Waals surface area contributed by atoms with Crippen LogP contribution in [-0.4, -0.2) is 25.2 Å². The molecule has 33 heavy (non-hydrogen) atoms. The van der Waals surface area contributed by atoms with Gasteiger partial charge in [-0.15, -0.1) is 0 Å². The third kappa shape index (κ3) is 5.26. The molecule has 0 atom stereocenters. The highest BCUT2D eigenvalue weighted by Gasteiger charge is 2.27. The number of nitrogens with zero attached hydrogens (tertiary/aromatic N) is 1. The van der Waals surface area contributed by atoms with Gasteiger partial charge in [-0.25, -0.2) is 31.0 Å². The molecular formula is C20H14F4N4O4S. The zero-order valence-electron chi connectivity index (χ0n) is 16.6. The lowest BCUT2D eigenvalue weighted by Crippen LogP contribution is -2.20. The molecule has 0 aliphatic heterocycles. The van der Waals surface area contributed by atoms with Crippen LogP contribution >= 0.6 is 0 Å². The van der Waals surface area contributed by atoms with E-state index in [-0.39, 0.29) is 11.5 Å². The zero-order valence-corrected chi connectivity index (χ0v) is 17.4. The molecule has 0 saturated heterocycles. The van der Waals surface area contributed by atoms with Gasteiger partial charge in [0.25, 0.3) is 15.9 Å². The summed E-state index contributed by atoms with van der Waals surface area (Å²) in [4.78, 5) is 25.9. The molecule has 8 nitrogen and oxygen atoms in total. The highest BCUT2D eigenvalue weighted by Crippen LogP contribution is 2.27. The molecule has 3 aromatic rings. The van der Waals surface area contributed by atoms with Crippen molar-refractivity contribution in [2.45, 2.75) is 11.8 Å². The molecule has 3 N–H and O–H groups in total. The van der Waals surface area contributed by atoms with Crippen molar-refractivity contribution in [2.24, 2.45) is 0 Å². The number of carbonyl (C=O) groups excluding carboxylic acids is 2. The van der Waals surface area contributed by atoms with Crippen LogP contribution in [-0.2, 0) is 14.8 Å². The predicted octanol–water partition coefficient (Wildman–Crippen LogP) is 3.65. The summed E-state index contributed by atoms with van der Waals surface area (Å²) in [6.45, 7) is 1.25. The van der Waals surface area contributed by atoms with Crippen LogP contribution < -0.4 is 15.4 Å². The average Bonchev–Trinajstić information content (AvgIpc) is 2.71. The second-order valence-electron chi connectivity index (χ2n) is 6.51. The Morgan fingerprint density at radius 1 is 0.879 bits per heavy atom. The molecule has 0 saturated carbocycles. The van der Waals surface area contributed by atoms with Gasteiger partial charge in [-0.1, -0.05) is 6.07 Å². The van der Waals surface area contributed by atoms with Crippen molar-refractivity contribution < 1.29 is 35.6 Å². The van der Waals surface area contributed by atoms with Crippen molar-refractivity contribution >= 4 is 39.0 Å². The van der Waals surface area contributed by atoms with Gasteiger partial charge in [0, 0.05) is 6.92 Å². The van der Waals surface area contributed by atoms with Crippen LogP contribution in [0, 0.1) is 23.3 Å². The standard InChI is InChI=1S/C20H14F4N4O4S/c1-10(29)26-16-8-5-11(9-25-16)27-20(30)17-12(21)6-7-15(18(17)24)28-33(31,32)19-13(22)3-2-4-14(19)23/h2-9,28H,1H3,(H,27,30)(H,25,26,29). The van der Waals surface area contributed by atoms with Gasteiger partial charge < -0.3 is 10.6 Å². The molecule has 172 valence electrons. The minimum Gasteiger partial charge on any atom is -0.320 e. The molecule has 0 bridgehead atoms. The quantitative estimate of drug-likeness (QED) is 0.464. The topological polar surface area (TPSA) is 117 Å². The summed E-state index contributed by atoms with van der Waals surface area (Å²) < 4.78 is 83.1. The number of rotatable bonds is 6. The largest absolute Gasteiger partial charge is 0.320 e. The number of benzene rings is 2. The lowest BCUT2D eigenvalue weighted by molar-refractivity contribution is -0.114. The molecule has 0 unspecified atom stereocenters. The van der Waals surface area contributed by atoms with E-state index in [2.05, 4.69) is 15.6 Å². The Morgan fingerprint density at radius 2 is 1.55 bits per heavy atom. The first-order valence-electron chi connectivity index (χ1n) is 8.99. The Hall–Kier alpha value is -4.00. The molecule has 3 rings (SSSR count). The first-order chi connectivity index (χ1) is 15.5. The molecule has 2 amide bonds. The van der Waals surface area contributed by atoms with E-state index in [0.29, 0.717) is 24.3 Å². The van der Waals surface area contributed by atoms with E-state index >= 15 is 0 Å². The van der Waals surface area contributed by atoms with Crippen LogP contribution in [0.3, 0.4) is 0 Å². The number of halogens is 4. The van der Waals surface area contributed by atoms with Crippen molar-refractivity contribution in [1.29, 1.82) is 0 Å². The normalized spacial score (nSPS) is 11.1. The fourth-order valence-corrected chi connectivity index (χ4v) is 3.89. The maximum absolute atomic E-state index is 14.9. The first-order valence-corrected chi connectivity index (χ1v) is 10.5. The summed E-state index contributed by atoms with van der Waals surface area (Å²) in [5.74, 6) is -7.33. The van der Waals surface area contributed by atoms with Crippen LogP contribution in [0.15, 0.2) is 53.6 Å². The monoisotopic (exact) mass is 482 g/mol. The minimum absolute atomic E-state index is 0.00677. The van der Waals surface area contributed by atoms with E-state index in [4.69, 9.17) is 0 Å². The Kier molecular flexibility index (Phi) is 6.62. The number of pyridine rings is 1. The Balaban J connectivity index is 1.89. The zero-order chi connectivity index (χ0) is 24.3. The number of anilines is 3. The van der Waals surface area contributed by atoms with E-state index in [0.717, 1.165) is 12.3 Å². The van der Waals surface area contributed by atoms with Gasteiger partial charge in [0.05, 0.1) is 17.6 Å². The summed E-state index contributed by atoms with van der Waals surface area (Å²) in [6, 6.07) is 6.16. The van der Waals surface area contributed by atoms with Crippen molar-refractivity contribution in [2.75, 3.05) is 15.4 Å². The number of hydrogen-bond acceptors (Lipinski definition) is 5. The Bertz CT molecular complexity index is 1330. The van der Waals surface area contributed by atoms with Crippen molar-refractivity contribution in [3.63, 3.8) is 0 Å². The SMILES string of the molecule is CC(=O)Nc1ccc(NC(=O)c2c(F)ccc(NS(=O)(=O)c3c(F)cccc3F)c2F)cn1. The van der Waals surface area contributed by atoms with Gasteiger partial charge in [-0.3, -0.25) is 14.3 Å². The highest BCUT2D eigenvalue weighted by molar-refractivity contribution is 7.92. The van der Waals surface area contributed by atoms with Crippen molar-refractivity contribution in [3.05, 3.63) is 77.5 Å². The molecule has 0 aliphatic rings. The van der Waals surface area contributed by atoms with Gasteiger partial charge >= 0.3 is 0 Å². The van der Waals surface area contributed by atoms with E-state index in [1.54, 1.807) is 4.72 Å². The minimum atomic E-state index is -4.96. The van der Waals surface area contributed by atoms with E-state index in [1.165, 1.54) is 19.1 Å². The third-order valence-electron chi connectivity index (χ3n) is 4.08. The van der Waals surface area contributed by atoms with Crippen LogP contribution in [0.25, 0.3) is 0 Å². The summed E-state index contributed by atoms with van der Waals surface area (Å²) >= 11 is 0. The molecule has 13 heteroatoms. The molecule has 0 aliphatic carbocycles. The molecule has 0 spiro atoms. The molecule has 0 radical (unpaired) electrons. The molecule has 2 aromatic carbocycles. The lowest BCUT2D eigenvalue weighted by Gasteiger charge is -2.13. The van der Waals surface area contributed by atoms with E-state index < -0.39 is 61.3 Å². The van der Waals surface area contributed by atoms with Crippen LogP contribution in [0.4, 0.5) is 34.8 Å². The summed E-state index contributed by atoms with van der Waals surface area (Å²) in [5, 5.41) is 4.55. The van der Waals surface area contributed by atoms with Gasteiger partial charge in [0.2, 0.25) is 5.91 Å². The smallest absolute Gasteiger partial charge is 0.267 e. The summed E-state index contributed by atoms with van der Waals surface area (Å²) in [7, 11) is -4.96. The average molecular weight is 482 g/mol. The molecule has 0 fully saturated rings. The maximum atomic E-state index is 14.9. The summed E-state index contributed by atoms with van der Waals surface area (Å²) in [6.07, 6.45) is 1.10. The van der Waals surface area contributed by atoms with Gasteiger partial charge in [-0.05, 0) is 36.4 Å². The van der Waals surface area contributed by atoms with Crippen LogP contribution in [0.2, 0.25) is 0 Å². The van der Waals surface area contributed by atoms with Crippen LogP contribution in [0.5, 0.6) is 0 Å². The van der Waals surface area contributed by atoms with Gasteiger partial charge in [0.1, 0.15) is 28.8 Å². The fourth-order valence-electron chi connectivity index (χ4n) is 2.69. The molecule has 1 aromatic heterocycles. The highest BCUT2D eigenvalue weighted by atomic mass is 32.2. The van der Waals surface area contributed by atoms with Gasteiger partial charge in [-0.2, -0.15) is 0 Å². The van der Waals surface area contributed by atoms with Crippen molar-refractivity contribution in [3.8, 4) is 0 Å².